The topological polar surface area (TPSA) is 108 Å². The zero-order valence-corrected chi connectivity index (χ0v) is 25.6. The predicted octanol–water partition coefficient (Wildman–Crippen LogP) is 5.27. The lowest BCUT2D eigenvalue weighted by Crippen LogP contribution is -2.38. The molecule has 0 unspecified atom stereocenters. The summed E-state index contributed by atoms with van der Waals surface area (Å²) in [5.41, 5.74) is 1.93. The van der Waals surface area contributed by atoms with Crippen LogP contribution in [-0.4, -0.2) is 83.0 Å². The number of aromatic carboxylic acids is 1. The summed E-state index contributed by atoms with van der Waals surface area (Å²) in [6, 6.07) is 14.7. The van der Waals surface area contributed by atoms with Gasteiger partial charge >= 0.3 is 5.97 Å². The van der Waals surface area contributed by atoms with Crippen LogP contribution in [0.25, 0.3) is 17.2 Å². The summed E-state index contributed by atoms with van der Waals surface area (Å²) in [6.07, 6.45) is 1.59. The summed E-state index contributed by atoms with van der Waals surface area (Å²) >= 11 is 6.50. The molecule has 13 heteroatoms. The van der Waals surface area contributed by atoms with Crippen molar-refractivity contribution in [2.45, 2.75) is 6.42 Å². The number of nitrogens with one attached hydrogen (secondary N) is 1. The normalized spacial score (nSPS) is 16.3. The van der Waals surface area contributed by atoms with Gasteiger partial charge in [-0.3, -0.25) is 19.4 Å². The molecule has 3 aromatic carbocycles. The van der Waals surface area contributed by atoms with Gasteiger partial charge in [-0.05, 0) is 59.7 Å². The molecule has 2 heterocycles. The van der Waals surface area contributed by atoms with Gasteiger partial charge < -0.3 is 19.9 Å². The summed E-state index contributed by atoms with van der Waals surface area (Å²) in [6.45, 7) is 4.03. The van der Waals surface area contributed by atoms with Gasteiger partial charge in [0.25, 0.3) is 5.91 Å². The van der Waals surface area contributed by atoms with Crippen LogP contribution in [0.3, 0.4) is 0 Å². The zero-order chi connectivity index (χ0) is 31.9. The number of thioether (sulfide) groups is 1. The summed E-state index contributed by atoms with van der Waals surface area (Å²) < 4.78 is 39.7. The maximum atomic E-state index is 14.2. The lowest BCUT2D eigenvalue weighted by Gasteiger charge is -2.26. The fourth-order valence-corrected chi connectivity index (χ4v) is 6.08. The van der Waals surface area contributed by atoms with Gasteiger partial charge in [-0.25, -0.2) is 13.6 Å². The third-order valence-electron chi connectivity index (χ3n) is 7.13. The Balaban J connectivity index is 1.28. The van der Waals surface area contributed by atoms with Gasteiger partial charge in [0.05, 0.1) is 23.7 Å². The van der Waals surface area contributed by atoms with Gasteiger partial charge in [0.1, 0.15) is 16.7 Å². The van der Waals surface area contributed by atoms with E-state index in [9.17, 15) is 23.2 Å². The van der Waals surface area contributed by atoms with Crippen molar-refractivity contribution in [1.29, 1.82) is 0 Å². The number of amides is 2. The maximum Gasteiger partial charge on any atom is 0.335 e. The number of hydrogen-bond donors (Lipinski definition) is 2. The van der Waals surface area contributed by atoms with Crippen molar-refractivity contribution >= 4 is 57.8 Å². The number of ether oxygens (including phenoxy) is 2. The van der Waals surface area contributed by atoms with Crippen molar-refractivity contribution in [3.05, 3.63) is 88.3 Å². The minimum Gasteiger partial charge on any atom is -0.492 e. The molecule has 0 saturated carbocycles. The van der Waals surface area contributed by atoms with Gasteiger partial charge in [0, 0.05) is 43.9 Å². The van der Waals surface area contributed by atoms with Crippen LogP contribution in [0.4, 0.5) is 14.5 Å². The van der Waals surface area contributed by atoms with E-state index in [1.54, 1.807) is 30.3 Å². The van der Waals surface area contributed by atoms with E-state index in [0.29, 0.717) is 59.4 Å². The number of nitrogens with zero attached hydrogens (tertiary/aromatic N) is 2. The summed E-state index contributed by atoms with van der Waals surface area (Å²) in [5, 5.41) is 11.8. The number of hydrogen-bond acceptors (Lipinski definition) is 8. The molecule has 45 heavy (non-hydrogen) atoms. The molecule has 2 N–H and O–H groups in total. The Morgan fingerprint density at radius 2 is 1.84 bits per heavy atom. The van der Waals surface area contributed by atoms with Gasteiger partial charge in [0.15, 0.2) is 11.6 Å². The number of anilines is 1. The van der Waals surface area contributed by atoms with Crippen molar-refractivity contribution in [1.82, 2.24) is 9.80 Å². The van der Waals surface area contributed by atoms with E-state index in [1.807, 2.05) is 0 Å². The first-order valence-electron chi connectivity index (χ1n) is 14.1. The fraction of sp³-hybridized carbons (Fsp3) is 0.250. The van der Waals surface area contributed by atoms with E-state index in [0.717, 1.165) is 37.0 Å². The summed E-state index contributed by atoms with van der Waals surface area (Å²) in [5.74, 6) is -3.36. The quantitative estimate of drug-likeness (QED) is 0.211. The smallest absolute Gasteiger partial charge is 0.335 e. The molecule has 5 rings (SSSR count). The van der Waals surface area contributed by atoms with E-state index in [1.165, 1.54) is 29.2 Å². The highest BCUT2D eigenvalue weighted by Gasteiger charge is 2.32. The van der Waals surface area contributed by atoms with Crippen LogP contribution < -0.4 is 10.1 Å². The van der Waals surface area contributed by atoms with E-state index in [2.05, 4.69) is 10.2 Å². The molecule has 0 aromatic heterocycles. The number of carboxylic acids is 1. The number of halogens is 2. The number of carbonyl (C=O) groups is 3. The first-order chi connectivity index (χ1) is 21.7. The second-order valence-electron chi connectivity index (χ2n) is 10.2. The standard InChI is InChI=1S/C32H29F2N3O6S2/c33-25-6-5-21(19-26(25)34)24-16-20(4-7-27(24)43-15-12-36-10-13-42-14-11-36)17-28-30(39)37(32(44)45-28)9-8-29(38)35-23-3-1-2-22(18-23)31(40)41/h1-7,16-19H,8-15H2,(H,35,38)(H,40,41)/b28-17-. The minimum atomic E-state index is -1.11. The highest BCUT2D eigenvalue weighted by Crippen LogP contribution is 2.36. The molecular formula is C32H29F2N3O6S2. The molecular weight excluding hydrogens is 624 g/mol. The second kappa shape index (κ2) is 14.7. The summed E-state index contributed by atoms with van der Waals surface area (Å²) in [4.78, 5) is 40.8. The van der Waals surface area contributed by atoms with E-state index in [-0.39, 0.29) is 28.8 Å². The molecule has 0 bridgehead atoms. The molecule has 0 spiro atoms. The van der Waals surface area contributed by atoms with Crippen LogP contribution in [0.15, 0.2) is 65.6 Å². The van der Waals surface area contributed by atoms with Crippen molar-refractivity contribution in [2.75, 3.05) is 51.3 Å². The SMILES string of the molecule is O=C(CCN1C(=O)/C(=C/c2ccc(OCCN3CCOCC3)c(-c3ccc(F)c(F)c3)c2)SC1=S)Nc1cccc(C(=O)O)c1. The van der Waals surface area contributed by atoms with Crippen LogP contribution in [0.2, 0.25) is 0 Å². The number of thiocarbonyl (C=S) groups is 1. The van der Waals surface area contributed by atoms with Gasteiger partial charge in [-0.2, -0.15) is 0 Å². The Morgan fingerprint density at radius 3 is 2.60 bits per heavy atom. The molecule has 0 radical (unpaired) electrons. The van der Waals surface area contributed by atoms with Crippen LogP contribution in [-0.2, 0) is 14.3 Å². The Hall–Kier alpha value is -4.17. The predicted molar refractivity (Wildman–Crippen MR) is 171 cm³/mol. The first-order valence-corrected chi connectivity index (χ1v) is 15.3. The molecule has 234 valence electrons. The molecule has 3 aromatic rings. The van der Waals surface area contributed by atoms with Crippen LogP contribution in [0, 0.1) is 11.6 Å². The Labute approximate surface area is 267 Å². The van der Waals surface area contributed by atoms with E-state index >= 15 is 0 Å². The molecule has 0 aliphatic carbocycles. The lowest BCUT2D eigenvalue weighted by atomic mass is 10.0. The third kappa shape index (κ3) is 8.31. The van der Waals surface area contributed by atoms with Gasteiger partial charge in [-0.1, -0.05) is 42.2 Å². The average Bonchev–Trinajstić information content (AvgIpc) is 3.29. The lowest BCUT2D eigenvalue weighted by molar-refractivity contribution is -0.122. The highest BCUT2D eigenvalue weighted by atomic mass is 32.2. The molecule has 2 fully saturated rings. The Morgan fingerprint density at radius 1 is 1.04 bits per heavy atom. The average molecular weight is 654 g/mol. The maximum absolute atomic E-state index is 14.2. The molecule has 0 atom stereocenters. The fourth-order valence-electron chi connectivity index (χ4n) is 4.77. The molecule has 2 aliphatic rings. The van der Waals surface area contributed by atoms with Crippen molar-refractivity contribution in [3.8, 4) is 16.9 Å². The zero-order valence-electron chi connectivity index (χ0n) is 24.0. The highest BCUT2D eigenvalue weighted by molar-refractivity contribution is 8.26. The summed E-state index contributed by atoms with van der Waals surface area (Å²) in [7, 11) is 0. The number of benzene rings is 3. The van der Waals surface area contributed by atoms with Crippen LogP contribution in [0.5, 0.6) is 5.75 Å². The molecule has 9 nitrogen and oxygen atoms in total. The monoisotopic (exact) mass is 653 g/mol. The third-order valence-corrected chi connectivity index (χ3v) is 8.51. The van der Waals surface area contributed by atoms with Crippen molar-refractivity contribution in [3.63, 3.8) is 0 Å². The van der Waals surface area contributed by atoms with Crippen molar-refractivity contribution in [2.24, 2.45) is 0 Å². The number of carbonyl (C=O) groups excluding carboxylic acids is 2. The Kier molecular flexibility index (Phi) is 10.6. The van der Waals surface area contributed by atoms with Gasteiger partial charge in [0.2, 0.25) is 5.91 Å². The second-order valence-corrected chi connectivity index (χ2v) is 11.9. The van der Waals surface area contributed by atoms with Crippen LogP contribution >= 0.6 is 24.0 Å². The van der Waals surface area contributed by atoms with E-state index in [4.69, 9.17) is 26.8 Å². The van der Waals surface area contributed by atoms with E-state index < -0.39 is 23.5 Å². The number of morpholine rings is 1. The van der Waals surface area contributed by atoms with Gasteiger partial charge in [-0.15, -0.1) is 0 Å². The minimum absolute atomic E-state index is 0.0302. The molecule has 2 amide bonds. The molecule has 2 saturated heterocycles. The number of carboxylic acid groups (broad SMARTS) is 1. The molecule has 2 aliphatic heterocycles. The Bertz CT molecular complexity index is 1660. The first kappa shape index (κ1) is 32.2. The van der Waals surface area contributed by atoms with Crippen LogP contribution in [0.1, 0.15) is 22.3 Å². The van der Waals surface area contributed by atoms with Crippen molar-refractivity contribution < 1.29 is 37.7 Å². The number of rotatable bonds is 11. The largest absolute Gasteiger partial charge is 0.492 e.